The quantitative estimate of drug-likeness (QED) is 0.180. The molecule has 1 atom stereocenters. The molecule has 2 rings (SSSR count). The first-order valence-corrected chi connectivity index (χ1v) is 10.2. The molecule has 1 unspecified atom stereocenters. The minimum atomic E-state index is -1.67. The first-order valence-electron chi connectivity index (χ1n) is 9.77. The van der Waals surface area contributed by atoms with Gasteiger partial charge in [0, 0.05) is 29.2 Å². The first-order chi connectivity index (χ1) is 14.8. The highest BCUT2D eigenvalue weighted by atomic mass is 35.5. The molecule has 0 fully saturated rings. The number of aromatic nitrogens is 2. The minimum Gasteiger partial charge on any atom is -0.460 e. The molecule has 0 aliphatic carbocycles. The molecule has 0 saturated carbocycles. The number of nitrogens with zero attached hydrogens (tertiary/aromatic N) is 2. The summed E-state index contributed by atoms with van der Waals surface area (Å²) in [4.78, 5) is 21.3. The molecule has 0 radical (unpaired) electrons. The van der Waals surface area contributed by atoms with Crippen molar-refractivity contribution in [3.05, 3.63) is 57.1 Å². The molecular weight excluding hydrogens is 448 g/mol. The van der Waals surface area contributed by atoms with Crippen molar-refractivity contribution < 1.29 is 27.1 Å². The van der Waals surface area contributed by atoms with E-state index in [0.29, 0.717) is 5.82 Å². The van der Waals surface area contributed by atoms with Crippen molar-refractivity contribution in [1.82, 2.24) is 9.97 Å². The van der Waals surface area contributed by atoms with Crippen LogP contribution in [0, 0.1) is 41.5 Å². The van der Waals surface area contributed by atoms with Gasteiger partial charge in [0.05, 0.1) is 11.5 Å². The van der Waals surface area contributed by atoms with Crippen LogP contribution in [0.3, 0.4) is 0 Å². The molecule has 9 heteroatoms. The Hall–Kier alpha value is -2.66. The molecule has 32 heavy (non-hydrogen) atoms. The van der Waals surface area contributed by atoms with Crippen molar-refractivity contribution in [2.24, 2.45) is 5.92 Å². The van der Waals surface area contributed by atoms with Gasteiger partial charge in [-0.2, -0.15) is 0 Å². The second-order valence-corrected chi connectivity index (χ2v) is 8.97. The molecule has 1 aromatic heterocycles. The van der Waals surface area contributed by atoms with Gasteiger partial charge in [0.25, 0.3) is 0 Å². The molecule has 1 heterocycles. The third-order valence-corrected chi connectivity index (χ3v) is 5.08. The molecule has 1 aromatic carbocycles. The summed E-state index contributed by atoms with van der Waals surface area (Å²) >= 11 is 6.28. The number of halogens is 5. The van der Waals surface area contributed by atoms with Crippen LogP contribution in [0.2, 0.25) is 5.15 Å². The fourth-order valence-electron chi connectivity index (χ4n) is 3.04. The van der Waals surface area contributed by atoms with Crippen LogP contribution in [-0.4, -0.2) is 15.9 Å². The highest BCUT2D eigenvalue weighted by Crippen LogP contribution is 2.32. The first kappa shape index (κ1) is 25.6. The summed E-state index contributed by atoms with van der Waals surface area (Å²) in [5, 5.41) is 0.0358. The van der Waals surface area contributed by atoms with Crippen molar-refractivity contribution in [3.8, 4) is 12.3 Å². The van der Waals surface area contributed by atoms with Crippen molar-refractivity contribution >= 4 is 17.6 Å². The summed E-state index contributed by atoms with van der Waals surface area (Å²) < 4.78 is 61.8. The van der Waals surface area contributed by atoms with Crippen LogP contribution in [0.5, 0.6) is 0 Å². The lowest BCUT2D eigenvalue weighted by Crippen LogP contribution is -2.24. The van der Waals surface area contributed by atoms with E-state index >= 15 is 0 Å². The third-order valence-electron chi connectivity index (χ3n) is 4.78. The Morgan fingerprint density at radius 2 is 1.66 bits per heavy atom. The molecule has 0 N–H and O–H groups in total. The van der Waals surface area contributed by atoms with Crippen molar-refractivity contribution in [3.63, 3.8) is 0 Å². The molecule has 0 bridgehead atoms. The van der Waals surface area contributed by atoms with E-state index in [4.69, 9.17) is 22.8 Å². The number of carbonyl (C=O) groups excluding carboxylic acids is 1. The van der Waals surface area contributed by atoms with E-state index in [-0.39, 0.29) is 22.0 Å². The molecule has 0 amide bonds. The van der Waals surface area contributed by atoms with E-state index in [1.807, 2.05) is 26.7 Å². The molecule has 4 nitrogen and oxygen atoms in total. The smallest absolute Gasteiger partial charge is 0.314 e. The Labute approximate surface area is 189 Å². The zero-order valence-corrected chi connectivity index (χ0v) is 19.1. The average Bonchev–Trinajstić information content (AvgIpc) is 2.70. The zero-order chi connectivity index (χ0) is 24.4. The molecular formula is C23H23ClF4N2O2. The fraction of sp³-hybridized carbons (Fsp3) is 0.435. The van der Waals surface area contributed by atoms with Gasteiger partial charge in [0.1, 0.15) is 17.6 Å². The Morgan fingerprint density at radius 1 is 1.12 bits per heavy atom. The van der Waals surface area contributed by atoms with Gasteiger partial charge in [-0.05, 0) is 5.92 Å². The van der Waals surface area contributed by atoms with Crippen LogP contribution in [0.25, 0.3) is 0 Å². The van der Waals surface area contributed by atoms with E-state index in [9.17, 15) is 22.4 Å². The van der Waals surface area contributed by atoms with E-state index in [0.717, 1.165) is 0 Å². The second kappa shape index (κ2) is 9.86. The summed E-state index contributed by atoms with van der Waals surface area (Å²) in [7, 11) is 0. The monoisotopic (exact) mass is 470 g/mol. The number of hydrogen-bond acceptors (Lipinski definition) is 4. The topological polar surface area (TPSA) is 52.1 Å². The highest BCUT2D eigenvalue weighted by molar-refractivity contribution is 6.30. The largest absolute Gasteiger partial charge is 0.460 e. The van der Waals surface area contributed by atoms with Crippen LogP contribution in [-0.2, 0) is 28.0 Å². The van der Waals surface area contributed by atoms with Crippen LogP contribution in [0.4, 0.5) is 17.6 Å². The maximum Gasteiger partial charge on any atom is 0.314 e. The van der Waals surface area contributed by atoms with Crippen LogP contribution in [0.1, 0.15) is 63.1 Å². The molecule has 0 aliphatic heterocycles. The maximum absolute atomic E-state index is 14.3. The summed E-state index contributed by atoms with van der Waals surface area (Å²) in [6, 6.07) is 0. The maximum atomic E-state index is 14.3. The predicted molar refractivity (Wildman–Crippen MR) is 112 cm³/mol. The van der Waals surface area contributed by atoms with Crippen LogP contribution in [0.15, 0.2) is 6.20 Å². The third kappa shape index (κ3) is 5.21. The van der Waals surface area contributed by atoms with Crippen molar-refractivity contribution in [1.29, 1.82) is 0 Å². The SMILES string of the molecule is C#CCc1c(F)c(F)c(COC(=O)C(c2cnc(C(C)(C)C)nc2Cl)C(C)C)c(F)c1F. The van der Waals surface area contributed by atoms with Gasteiger partial charge in [-0.25, -0.2) is 27.5 Å². The van der Waals surface area contributed by atoms with Gasteiger partial charge >= 0.3 is 5.97 Å². The normalized spacial score (nSPS) is 12.6. The molecule has 0 spiro atoms. The number of terminal acetylenes is 1. The van der Waals surface area contributed by atoms with E-state index in [2.05, 4.69) is 9.97 Å². The number of hydrogen-bond donors (Lipinski definition) is 0. The summed E-state index contributed by atoms with van der Waals surface area (Å²) in [6.07, 6.45) is 5.74. The van der Waals surface area contributed by atoms with Crippen molar-refractivity contribution in [2.75, 3.05) is 0 Å². The Bertz CT molecular complexity index is 1050. The van der Waals surface area contributed by atoms with Gasteiger partial charge in [-0.15, -0.1) is 12.3 Å². The molecule has 2 aromatic rings. The summed E-state index contributed by atoms with van der Waals surface area (Å²) in [6.45, 7) is 8.06. The number of carbonyl (C=O) groups is 1. The van der Waals surface area contributed by atoms with Crippen LogP contribution < -0.4 is 0 Å². The predicted octanol–water partition coefficient (Wildman–Crippen LogP) is 5.64. The van der Waals surface area contributed by atoms with Crippen LogP contribution >= 0.6 is 11.6 Å². The Kier molecular flexibility index (Phi) is 7.89. The van der Waals surface area contributed by atoms with E-state index < -0.39 is 59.3 Å². The Morgan fingerprint density at radius 3 is 2.09 bits per heavy atom. The number of ether oxygens (including phenoxy) is 1. The van der Waals surface area contributed by atoms with Gasteiger partial charge < -0.3 is 4.74 Å². The number of benzene rings is 1. The molecule has 0 saturated heterocycles. The lowest BCUT2D eigenvalue weighted by Gasteiger charge is -2.22. The molecule has 0 aliphatic rings. The highest BCUT2D eigenvalue weighted by Gasteiger charge is 2.32. The zero-order valence-electron chi connectivity index (χ0n) is 18.3. The average molecular weight is 471 g/mol. The van der Waals surface area contributed by atoms with E-state index in [1.165, 1.54) is 6.20 Å². The van der Waals surface area contributed by atoms with Gasteiger partial charge in [-0.1, -0.05) is 46.2 Å². The van der Waals surface area contributed by atoms with E-state index in [1.54, 1.807) is 13.8 Å². The Balaban J connectivity index is 2.34. The van der Waals surface area contributed by atoms with Crippen molar-refractivity contribution in [2.45, 2.75) is 59.0 Å². The number of rotatable bonds is 6. The fourth-order valence-corrected chi connectivity index (χ4v) is 3.28. The summed E-state index contributed by atoms with van der Waals surface area (Å²) in [5.41, 5.74) is -2.07. The van der Waals surface area contributed by atoms with Gasteiger partial charge in [-0.3, -0.25) is 4.79 Å². The number of esters is 1. The van der Waals surface area contributed by atoms with Gasteiger partial charge in [0.2, 0.25) is 0 Å². The molecule has 172 valence electrons. The second-order valence-electron chi connectivity index (χ2n) is 8.61. The summed E-state index contributed by atoms with van der Waals surface area (Å²) in [5.74, 6) is -6.42. The lowest BCUT2D eigenvalue weighted by molar-refractivity contribution is -0.148. The standard InChI is InChI=1S/C23H23ClF4N2O2/c1-7-8-12-16(25)18(27)14(19(28)17(12)26)10-32-21(31)15(11(2)3)13-9-29-22(23(4,5)6)30-20(13)24/h1,9,11,15H,8,10H2,2-6H3. The van der Waals surface area contributed by atoms with Gasteiger partial charge in [0.15, 0.2) is 23.3 Å². The lowest BCUT2D eigenvalue weighted by atomic mass is 9.89. The minimum absolute atomic E-state index is 0.0358.